The monoisotopic (exact) mass is 333 g/mol. The molecule has 1 unspecified atom stereocenters. The largest absolute Gasteiger partial charge is 0.350 e. The molecule has 0 aliphatic heterocycles. The number of amides is 1. The van der Waals surface area contributed by atoms with Gasteiger partial charge in [0.2, 0.25) is 0 Å². The summed E-state index contributed by atoms with van der Waals surface area (Å²) in [6.07, 6.45) is 3.04. The highest BCUT2D eigenvalue weighted by Gasteiger charge is 2.12. The Morgan fingerprint density at radius 3 is 2.94 bits per heavy atom. The lowest BCUT2D eigenvalue weighted by Gasteiger charge is -2.14. The lowest BCUT2D eigenvalue weighted by Crippen LogP contribution is -2.33. The highest BCUT2D eigenvalue weighted by molar-refractivity contribution is 9.10. The minimum atomic E-state index is -0.0543. The molecule has 0 bridgehead atoms. The zero-order valence-corrected chi connectivity index (χ0v) is 13.2. The quantitative estimate of drug-likeness (QED) is 0.806. The van der Waals surface area contributed by atoms with Crippen molar-refractivity contribution in [3.05, 3.63) is 28.2 Å². The van der Waals surface area contributed by atoms with E-state index in [1.54, 1.807) is 17.8 Å². The van der Waals surface area contributed by atoms with Gasteiger partial charge in [0.25, 0.3) is 5.91 Å². The molecule has 0 saturated carbocycles. The van der Waals surface area contributed by atoms with Crippen molar-refractivity contribution in [2.75, 3.05) is 12.0 Å². The molecule has 0 aliphatic rings. The molecule has 17 heavy (non-hydrogen) atoms. The number of hydrogen-bond donors (Lipinski definition) is 2. The van der Waals surface area contributed by atoms with Gasteiger partial charge in [0.15, 0.2) is 0 Å². The molecule has 1 rings (SSSR count). The van der Waals surface area contributed by atoms with Gasteiger partial charge in [-0.05, 0) is 59.5 Å². The second-order valence-corrected chi connectivity index (χ2v) is 6.18. The van der Waals surface area contributed by atoms with Gasteiger partial charge in [0.1, 0.15) is 0 Å². The van der Waals surface area contributed by atoms with E-state index in [-0.39, 0.29) is 11.9 Å². The van der Waals surface area contributed by atoms with Crippen molar-refractivity contribution >= 4 is 46.2 Å². The summed E-state index contributed by atoms with van der Waals surface area (Å²) < 4.78 is 0.796. The minimum Gasteiger partial charge on any atom is -0.350 e. The SMILES string of the molecule is CSCCC(C)NC(=O)c1cc(S)ccc1Br. The molecule has 1 aromatic carbocycles. The van der Waals surface area contributed by atoms with Gasteiger partial charge in [-0.25, -0.2) is 0 Å². The Balaban J connectivity index is 2.66. The Labute approximate surface area is 120 Å². The zero-order chi connectivity index (χ0) is 12.8. The van der Waals surface area contributed by atoms with E-state index in [1.807, 2.05) is 19.1 Å². The molecule has 0 spiro atoms. The van der Waals surface area contributed by atoms with Crippen LogP contribution in [-0.2, 0) is 0 Å². The standard InChI is InChI=1S/C12H16BrNOS2/c1-8(5-6-17-2)14-12(15)10-7-9(16)3-4-11(10)13/h3-4,7-8,16H,5-6H2,1-2H3,(H,14,15). The van der Waals surface area contributed by atoms with Crippen LogP contribution in [-0.4, -0.2) is 24.0 Å². The Bertz CT molecular complexity index is 398. The van der Waals surface area contributed by atoms with Crippen molar-refractivity contribution in [2.45, 2.75) is 24.3 Å². The molecule has 1 atom stereocenters. The van der Waals surface area contributed by atoms with Crippen LogP contribution in [0, 0.1) is 0 Å². The Morgan fingerprint density at radius 2 is 2.29 bits per heavy atom. The van der Waals surface area contributed by atoms with E-state index in [9.17, 15) is 4.79 Å². The minimum absolute atomic E-state index is 0.0543. The van der Waals surface area contributed by atoms with Crippen LogP contribution in [0.2, 0.25) is 0 Å². The van der Waals surface area contributed by atoms with Crippen molar-refractivity contribution < 1.29 is 4.79 Å². The number of nitrogens with one attached hydrogen (secondary N) is 1. The van der Waals surface area contributed by atoms with Crippen LogP contribution in [0.1, 0.15) is 23.7 Å². The first-order valence-electron chi connectivity index (χ1n) is 5.33. The molecule has 0 fully saturated rings. The van der Waals surface area contributed by atoms with Gasteiger partial charge in [-0.2, -0.15) is 11.8 Å². The van der Waals surface area contributed by atoms with Crippen LogP contribution in [0.3, 0.4) is 0 Å². The molecule has 1 N–H and O–H groups in total. The lowest BCUT2D eigenvalue weighted by atomic mass is 10.2. The maximum Gasteiger partial charge on any atom is 0.252 e. The van der Waals surface area contributed by atoms with E-state index in [0.29, 0.717) is 5.56 Å². The van der Waals surface area contributed by atoms with Crippen molar-refractivity contribution in [1.82, 2.24) is 5.32 Å². The molecule has 0 saturated heterocycles. The van der Waals surface area contributed by atoms with E-state index in [0.717, 1.165) is 21.5 Å². The molecule has 0 aromatic heterocycles. The van der Waals surface area contributed by atoms with Crippen LogP contribution in [0.5, 0.6) is 0 Å². The normalized spacial score (nSPS) is 12.2. The first-order valence-corrected chi connectivity index (χ1v) is 7.96. The molecular formula is C12H16BrNOS2. The fourth-order valence-electron chi connectivity index (χ4n) is 1.36. The van der Waals surface area contributed by atoms with E-state index in [2.05, 4.69) is 40.1 Å². The second kappa shape index (κ2) is 7.34. The zero-order valence-electron chi connectivity index (χ0n) is 9.87. The van der Waals surface area contributed by atoms with E-state index < -0.39 is 0 Å². The molecule has 1 amide bonds. The Morgan fingerprint density at radius 1 is 1.59 bits per heavy atom. The summed E-state index contributed by atoms with van der Waals surface area (Å²) in [5.74, 6) is 0.997. The summed E-state index contributed by atoms with van der Waals surface area (Å²) in [6.45, 7) is 2.02. The van der Waals surface area contributed by atoms with Crippen LogP contribution in [0.25, 0.3) is 0 Å². The summed E-state index contributed by atoms with van der Waals surface area (Å²) in [5, 5.41) is 2.98. The molecule has 0 radical (unpaired) electrons. The number of carbonyl (C=O) groups is 1. The van der Waals surface area contributed by atoms with Gasteiger partial charge in [-0.15, -0.1) is 12.6 Å². The second-order valence-electron chi connectivity index (χ2n) is 3.82. The number of carbonyl (C=O) groups excluding carboxylic acids is 1. The first kappa shape index (κ1) is 14.9. The maximum absolute atomic E-state index is 12.0. The molecule has 0 aliphatic carbocycles. The predicted octanol–water partition coefficient (Wildman–Crippen LogP) is 3.61. The fourth-order valence-corrected chi connectivity index (χ4v) is 2.58. The highest BCUT2D eigenvalue weighted by Crippen LogP contribution is 2.20. The summed E-state index contributed by atoms with van der Waals surface area (Å²) in [4.78, 5) is 12.8. The third-order valence-corrected chi connectivity index (χ3v) is 3.94. The molecular weight excluding hydrogens is 318 g/mol. The fraction of sp³-hybridized carbons (Fsp3) is 0.417. The lowest BCUT2D eigenvalue weighted by molar-refractivity contribution is 0.0938. The maximum atomic E-state index is 12.0. The first-order chi connectivity index (χ1) is 8.04. The third kappa shape index (κ3) is 4.94. The van der Waals surface area contributed by atoms with E-state index in [1.165, 1.54) is 0 Å². The average Bonchev–Trinajstić information content (AvgIpc) is 2.29. The average molecular weight is 334 g/mol. The number of benzene rings is 1. The number of thioether (sulfide) groups is 1. The number of thiol groups is 1. The van der Waals surface area contributed by atoms with E-state index >= 15 is 0 Å². The molecule has 1 aromatic rings. The molecule has 0 heterocycles. The number of rotatable bonds is 5. The summed E-state index contributed by atoms with van der Waals surface area (Å²) in [5.41, 5.74) is 0.633. The van der Waals surface area contributed by atoms with Crippen molar-refractivity contribution in [3.63, 3.8) is 0 Å². The van der Waals surface area contributed by atoms with Crippen LogP contribution in [0.4, 0.5) is 0 Å². The van der Waals surface area contributed by atoms with Crippen molar-refractivity contribution in [3.8, 4) is 0 Å². The van der Waals surface area contributed by atoms with Crippen molar-refractivity contribution in [1.29, 1.82) is 0 Å². The van der Waals surface area contributed by atoms with Crippen LogP contribution in [0.15, 0.2) is 27.6 Å². The topological polar surface area (TPSA) is 29.1 Å². The third-order valence-electron chi connectivity index (χ3n) is 2.33. The predicted molar refractivity (Wildman–Crippen MR) is 81.3 cm³/mol. The van der Waals surface area contributed by atoms with Gasteiger partial charge in [-0.1, -0.05) is 0 Å². The summed E-state index contributed by atoms with van der Waals surface area (Å²) in [6, 6.07) is 5.64. The Hall–Kier alpha value is -0.130. The summed E-state index contributed by atoms with van der Waals surface area (Å²) in [7, 11) is 0. The molecule has 5 heteroatoms. The van der Waals surface area contributed by atoms with Gasteiger partial charge >= 0.3 is 0 Å². The highest BCUT2D eigenvalue weighted by atomic mass is 79.9. The summed E-state index contributed by atoms with van der Waals surface area (Å²) >= 11 is 9.40. The van der Waals surface area contributed by atoms with Gasteiger partial charge in [0.05, 0.1) is 5.56 Å². The van der Waals surface area contributed by atoms with E-state index in [4.69, 9.17) is 0 Å². The van der Waals surface area contributed by atoms with Crippen LogP contribution < -0.4 is 5.32 Å². The number of hydrogen-bond acceptors (Lipinski definition) is 3. The Kier molecular flexibility index (Phi) is 6.44. The molecule has 2 nitrogen and oxygen atoms in total. The number of halogens is 1. The van der Waals surface area contributed by atoms with Gasteiger partial charge in [-0.3, -0.25) is 4.79 Å². The smallest absolute Gasteiger partial charge is 0.252 e. The van der Waals surface area contributed by atoms with Crippen molar-refractivity contribution in [2.24, 2.45) is 0 Å². The van der Waals surface area contributed by atoms with Gasteiger partial charge < -0.3 is 5.32 Å². The van der Waals surface area contributed by atoms with Gasteiger partial charge in [0, 0.05) is 15.4 Å². The molecule has 94 valence electrons. The van der Waals surface area contributed by atoms with Crippen LogP contribution >= 0.6 is 40.3 Å².